The largest absolute Gasteiger partial charge is 0.394 e. The van der Waals surface area contributed by atoms with Gasteiger partial charge < -0.3 is 9.84 Å². The molecule has 3 atom stereocenters. The summed E-state index contributed by atoms with van der Waals surface area (Å²) in [7, 11) is 5.70. The summed E-state index contributed by atoms with van der Waals surface area (Å²) in [6, 6.07) is -0.146. The van der Waals surface area contributed by atoms with Gasteiger partial charge in [-0.2, -0.15) is 0 Å². The van der Waals surface area contributed by atoms with Crippen LogP contribution in [0.5, 0.6) is 0 Å². The van der Waals surface area contributed by atoms with E-state index in [1.807, 2.05) is 0 Å². The lowest BCUT2D eigenvalue weighted by Gasteiger charge is -2.11. The van der Waals surface area contributed by atoms with Gasteiger partial charge in [-0.15, -0.1) is 0 Å². The third kappa shape index (κ3) is 22.4. The molecule has 0 bridgehead atoms. The molecule has 1 rings (SSSR count). The summed E-state index contributed by atoms with van der Waals surface area (Å²) in [5.74, 6) is 5.71. The second-order valence-corrected chi connectivity index (χ2v) is 10.5. The monoisotopic (exact) mass is 480 g/mol. The maximum Gasteiger partial charge on any atom is 0.109 e. The summed E-state index contributed by atoms with van der Waals surface area (Å²) in [4.78, 5) is 0. The maximum atomic E-state index is 8.79. The van der Waals surface area contributed by atoms with Crippen molar-refractivity contribution in [1.29, 1.82) is 0 Å². The molecule has 5 heteroatoms. The summed E-state index contributed by atoms with van der Waals surface area (Å²) in [6.45, 7) is 5.51. The SMILES string of the molecule is CCCCCCCCCCCCCCCCCCCCCNN.[B]C1OC(CO)CC1CCC. The molecule has 4 N–H and O–H groups in total. The van der Waals surface area contributed by atoms with E-state index in [-0.39, 0.29) is 18.7 Å². The number of hydrogen-bond donors (Lipinski definition) is 3. The van der Waals surface area contributed by atoms with E-state index in [1.165, 1.54) is 122 Å². The Morgan fingerprint density at radius 2 is 1.12 bits per heavy atom. The Morgan fingerprint density at radius 1 is 0.706 bits per heavy atom. The van der Waals surface area contributed by atoms with Crippen LogP contribution in [0, 0.1) is 5.92 Å². The Labute approximate surface area is 215 Å². The number of aliphatic hydroxyl groups excluding tert-OH is 1. The molecule has 1 heterocycles. The number of nitrogens with one attached hydrogen (secondary N) is 1. The Hall–Kier alpha value is -0.0951. The highest BCUT2D eigenvalue weighted by Gasteiger charge is 2.30. The molecule has 0 spiro atoms. The van der Waals surface area contributed by atoms with Gasteiger partial charge in [-0.1, -0.05) is 136 Å². The molecular formula is C29H61BN2O2. The van der Waals surface area contributed by atoms with E-state index in [0.717, 1.165) is 25.8 Å². The van der Waals surface area contributed by atoms with Gasteiger partial charge in [-0.05, 0) is 25.2 Å². The van der Waals surface area contributed by atoms with Crippen LogP contribution < -0.4 is 11.3 Å². The number of hydrazine groups is 1. The molecule has 2 radical (unpaired) electrons. The zero-order chi connectivity index (χ0) is 25.1. The fraction of sp³-hybridized carbons (Fsp3) is 1.00. The number of ether oxygens (including phenoxy) is 1. The van der Waals surface area contributed by atoms with E-state index in [9.17, 15) is 0 Å². The minimum absolute atomic E-state index is 0.0125. The van der Waals surface area contributed by atoms with Crippen molar-refractivity contribution in [3.63, 3.8) is 0 Å². The first-order valence-corrected chi connectivity index (χ1v) is 15.1. The van der Waals surface area contributed by atoms with E-state index >= 15 is 0 Å². The van der Waals surface area contributed by atoms with Crippen LogP contribution in [0.25, 0.3) is 0 Å². The first-order chi connectivity index (χ1) is 16.7. The van der Waals surface area contributed by atoms with Gasteiger partial charge in [-0.3, -0.25) is 11.3 Å². The van der Waals surface area contributed by atoms with Crippen molar-refractivity contribution in [1.82, 2.24) is 5.43 Å². The highest BCUT2D eigenvalue weighted by molar-refractivity contribution is 6.11. The summed E-state index contributed by atoms with van der Waals surface area (Å²) in [5.41, 5.74) is 2.72. The van der Waals surface area contributed by atoms with E-state index < -0.39 is 0 Å². The van der Waals surface area contributed by atoms with Crippen LogP contribution in [-0.2, 0) is 4.74 Å². The predicted octanol–water partition coefficient (Wildman–Crippen LogP) is 7.56. The average Bonchev–Trinajstić information content (AvgIpc) is 3.20. The topological polar surface area (TPSA) is 67.5 Å². The summed E-state index contributed by atoms with van der Waals surface area (Å²) in [6.07, 6.45) is 30.4. The third-order valence-electron chi connectivity index (χ3n) is 7.17. The Bertz CT molecular complexity index is 367. The van der Waals surface area contributed by atoms with Gasteiger partial charge >= 0.3 is 0 Å². The van der Waals surface area contributed by atoms with Crippen LogP contribution in [0.4, 0.5) is 0 Å². The number of unbranched alkanes of at least 4 members (excludes halogenated alkanes) is 18. The molecule has 0 aromatic heterocycles. The lowest BCUT2D eigenvalue weighted by atomic mass is 9.83. The molecule has 0 aromatic carbocycles. The highest BCUT2D eigenvalue weighted by Crippen LogP contribution is 2.27. The molecular weight excluding hydrogens is 419 g/mol. The van der Waals surface area contributed by atoms with Crippen LogP contribution >= 0.6 is 0 Å². The Morgan fingerprint density at radius 3 is 1.44 bits per heavy atom. The third-order valence-corrected chi connectivity index (χ3v) is 7.17. The molecule has 1 saturated heterocycles. The quantitative estimate of drug-likeness (QED) is 0.0611. The second-order valence-electron chi connectivity index (χ2n) is 10.5. The van der Waals surface area contributed by atoms with E-state index in [1.54, 1.807) is 0 Å². The number of nitrogens with two attached hydrogens (primary N) is 1. The van der Waals surface area contributed by atoms with Gasteiger partial charge in [-0.25, -0.2) is 0 Å². The van der Waals surface area contributed by atoms with Gasteiger partial charge in [0.15, 0.2) is 0 Å². The first-order valence-electron chi connectivity index (χ1n) is 15.1. The van der Waals surface area contributed by atoms with Gasteiger partial charge in [0.2, 0.25) is 0 Å². The molecule has 0 amide bonds. The molecule has 1 aliphatic heterocycles. The lowest BCUT2D eigenvalue weighted by molar-refractivity contribution is 0.0396. The van der Waals surface area contributed by atoms with Crippen molar-refractivity contribution >= 4 is 7.85 Å². The molecule has 1 fully saturated rings. The minimum Gasteiger partial charge on any atom is -0.394 e. The fourth-order valence-corrected chi connectivity index (χ4v) is 4.94. The first kappa shape index (κ1) is 33.9. The van der Waals surface area contributed by atoms with Crippen molar-refractivity contribution < 1.29 is 9.84 Å². The zero-order valence-corrected chi connectivity index (χ0v) is 23.2. The van der Waals surface area contributed by atoms with Crippen LogP contribution in [-0.4, -0.2) is 38.2 Å². The lowest BCUT2D eigenvalue weighted by Crippen LogP contribution is -2.22. The fourth-order valence-electron chi connectivity index (χ4n) is 4.94. The van der Waals surface area contributed by atoms with Crippen molar-refractivity contribution in [2.75, 3.05) is 13.2 Å². The standard InChI is InChI=1S/C21H46N2.C8H15BO2/c1-2-3-4-5-6-7-8-9-10-11-12-13-14-15-16-17-18-19-20-21-23-22;1-2-3-6-4-7(5-10)11-8(6)9/h23H,2-22H2,1H3;6-8,10H,2-5H2,1H3. The second kappa shape index (κ2) is 27.5. The van der Waals surface area contributed by atoms with E-state index in [2.05, 4.69) is 19.3 Å². The predicted molar refractivity (Wildman–Crippen MR) is 150 cm³/mol. The molecule has 4 nitrogen and oxygen atoms in total. The van der Waals surface area contributed by atoms with Crippen LogP contribution in [0.15, 0.2) is 0 Å². The molecule has 3 unspecified atom stereocenters. The van der Waals surface area contributed by atoms with Crippen LogP contribution in [0.2, 0.25) is 0 Å². The molecule has 0 aromatic rings. The molecule has 34 heavy (non-hydrogen) atoms. The Balaban J connectivity index is 0.000000818. The van der Waals surface area contributed by atoms with E-state index in [0.29, 0.717) is 5.92 Å². The van der Waals surface area contributed by atoms with Crippen molar-refractivity contribution in [3.8, 4) is 0 Å². The summed E-state index contributed by atoms with van der Waals surface area (Å²) >= 11 is 0. The van der Waals surface area contributed by atoms with Gasteiger partial charge in [0.1, 0.15) is 7.85 Å². The van der Waals surface area contributed by atoms with E-state index in [4.69, 9.17) is 23.5 Å². The average molecular weight is 481 g/mol. The van der Waals surface area contributed by atoms with Crippen LogP contribution in [0.3, 0.4) is 0 Å². The van der Waals surface area contributed by atoms with Crippen molar-refractivity contribution in [3.05, 3.63) is 0 Å². The van der Waals surface area contributed by atoms with Gasteiger partial charge in [0.05, 0.1) is 12.7 Å². The summed E-state index contributed by atoms with van der Waals surface area (Å²) < 4.78 is 5.30. The van der Waals surface area contributed by atoms with Crippen LogP contribution in [0.1, 0.15) is 155 Å². The molecule has 1 aliphatic rings. The maximum absolute atomic E-state index is 8.79. The van der Waals surface area contributed by atoms with Gasteiger partial charge in [0, 0.05) is 12.5 Å². The molecule has 202 valence electrons. The smallest absolute Gasteiger partial charge is 0.109 e. The van der Waals surface area contributed by atoms with Crippen molar-refractivity contribution in [2.24, 2.45) is 11.8 Å². The minimum atomic E-state index is -0.146. The molecule has 0 saturated carbocycles. The highest BCUT2D eigenvalue weighted by atomic mass is 16.5. The van der Waals surface area contributed by atoms with Crippen molar-refractivity contribution in [2.45, 2.75) is 167 Å². The Kier molecular flexibility index (Phi) is 27.4. The zero-order valence-electron chi connectivity index (χ0n) is 23.2. The number of hydrogen-bond acceptors (Lipinski definition) is 4. The molecule has 0 aliphatic carbocycles. The number of aliphatic hydroxyl groups is 1. The van der Waals surface area contributed by atoms with Gasteiger partial charge in [0.25, 0.3) is 0 Å². The summed E-state index contributed by atoms with van der Waals surface area (Å²) in [5, 5.41) is 8.79. The normalized spacial score (nSPS) is 19.8. The number of rotatable bonds is 23.